The maximum atomic E-state index is 11.5. The molecule has 0 atom stereocenters. The van der Waals surface area contributed by atoms with Crippen molar-refractivity contribution in [1.29, 1.82) is 0 Å². The molecular formula is C12H14ClN3O3S. The van der Waals surface area contributed by atoms with E-state index in [2.05, 4.69) is 10.2 Å². The molecule has 0 N–H and O–H groups in total. The first-order valence-corrected chi connectivity index (χ1v) is 8.23. The number of nitrogens with zero attached hydrogens (tertiary/aromatic N) is 3. The van der Waals surface area contributed by atoms with Crippen LogP contribution in [-0.2, 0) is 26.8 Å². The molecule has 0 aliphatic rings. The first kappa shape index (κ1) is 15.0. The van der Waals surface area contributed by atoms with Gasteiger partial charge in [0, 0.05) is 30.8 Å². The summed E-state index contributed by atoms with van der Waals surface area (Å²) in [5.74, 6) is 0.535. The van der Waals surface area contributed by atoms with Gasteiger partial charge in [-0.3, -0.25) is 4.57 Å². The third-order valence-corrected chi connectivity index (χ3v) is 3.89. The van der Waals surface area contributed by atoms with Crippen LogP contribution in [0, 0.1) is 0 Å². The lowest BCUT2D eigenvalue weighted by atomic mass is 10.1. The molecule has 8 heteroatoms. The smallest absolute Gasteiger partial charge is 0.296 e. The molecule has 1 heterocycles. The third kappa shape index (κ3) is 3.56. The maximum absolute atomic E-state index is 11.5. The van der Waals surface area contributed by atoms with Crippen LogP contribution in [0.15, 0.2) is 35.5 Å². The van der Waals surface area contributed by atoms with Gasteiger partial charge in [0.25, 0.3) is 14.2 Å². The SMILES string of the molecule is COCCn1c(Cc2ccccc2)nnc1S(=O)(=O)Cl. The van der Waals surface area contributed by atoms with Gasteiger partial charge in [-0.1, -0.05) is 30.3 Å². The van der Waals surface area contributed by atoms with Crippen molar-refractivity contribution in [2.75, 3.05) is 13.7 Å². The van der Waals surface area contributed by atoms with Crippen LogP contribution in [0.5, 0.6) is 0 Å². The first-order chi connectivity index (χ1) is 9.52. The summed E-state index contributed by atoms with van der Waals surface area (Å²) < 4.78 is 29.4. The largest absolute Gasteiger partial charge is 0.383 e. The van der Waals surface area contributed by atoms with E-state index in [1.54, 1.807) is 0 Å². The molecule has 0 saturated heterocycles. The Morgan fingerprint density at radius 3 is 2.55 bits per heavy atom. The van der Waals surface area contributed by atoms with Gasteiger partial charge in [0.1, 0.15) is 5.82 Å². The lowest BCUT2D eigenvalue weighted by molar-refractivity contribution is 0.183. The summed E-state index contributed by atoms with van der Waals surface area (Å²) >= 11 is 0. The van der Waals surface area contributed by atoms with Gasteiger partial charge in [0.05, 0.1) is 6.61 Å². The van der Waals surface area contributed by atoms with Gasteiger partial charge >= 0.3 is 0 Å². The van der Waals surface area contributed by atoms with Crippen molar-refractivity contribution in [2.45, 2.75) is 18.1 Å². The van der Waals surface area contributed by atoms with Crippen molar-refractivity contribution >= 4 is 19.7 Å². The van der Waals surface area contributed by atoms with Crippen LogP contribution in [0.4, 0.5) is 0 Å². The van der Waals surface area contributed by atoms with E-state index in [1.807, 2.05) is 30.3 Å². The second kappa shape index (κ2) is 6.34. The first-order valence-electron chi connectivity index (χ1n) is 5.92. The van der Waals surface area contributed by atoms with E-state index in [-0.39, 0.29) is 5.16 Å². The molecule has 0 unspecified atom stereocenters. The number of benzene rings is 1. The summed E-state index contributed by atoms with van der Waals surface area (Å²) in [6, 6.07) is 9.59. The molecule has 0 aliphatic carbocycles. The molecule has 108 valence electrons. The second-order valence-electron chi connectivity index (χ2n) is 4.14. The predicted octanol–water partition coefficient (Wildman–Crippen LogP) is 1.44. The minimum Gasteiger partial charge on any atom is -0.383 e. The standard InChI is InChI=1S/C12H14ClN3O3S/c1-19-8-7-16-11(9-10-5-3-2-4-6-10)14-15-12(16)20(13,17)18/h2-6H,7-9H2,1H3. The number of aromatic nitrogens is 3. The Kier molecular flexibility index (Phi) is 4.74. The minimum atomic E-state index is -3.93. The molecule has 0 radical (unpaired) electrons. The molecule has 0 spiro atoms. The molecular weight excluding hydrogens is 302 g/mol. The average Bonchev–Trinajstić information content (AvgIpc) is 2.80. The molecule has 2 rings (SSSR count). The van der Waals surface area contributed by atoms with Crippen molar-refractivity contribution in [1.82, 2.24) is 14.8 Å². The van der Waals surface area contributed by atoms with Crippen LogP contribution in [0.1, 0.15) is 11.4 Å². The lowest BCUT2D eigenvalue weighted by Gasteiger charge is -2.08. The molecule has 0 aliphatic heterocycles. The number of hydrogen-bond donors (Lipinski definition) is 0. The van der Waals surface area contributed by atoms with E-state index < -0.39 is 9.05 Å². The van der Waals surface area contributed by atoms with E-state index in [1.165, 1.54) is 11.7 Å². The van der Waals surface area contributed by atoms with Crippen LogP contribution in [0.2, 0.25) is 0 Å². The van der Waals surface area contributed by atoms with Gasteiger partial charge in [0.2, 0.25) is 0 Å². The average molecular weight is 316 g/mol. The summed E-state index contributed by atoms with van der Waals surface area (Å²) in [4.78, 5) is 0. The number of ether oxygens (including phenoxy) is 1. The highest BCUT2D eigenvalue weighted by molar-refractivity contribution is 8.13. The molecule has 0 bridgehead atoms. The van der Waals surface area contributed by atoms with Crippen LogP contribution in [-0.4, -0.2) is 36.9 Å². The molecule has 6 nitrogen and oxygen atoms in total. The molecule has 0 amide bonds. The van der Waals surface area contributed by atoms with Gasteiger partial charge in [-0.2, -0.15) is 0 Å². The normalized spacial score (nSPS) is 11.7. The zero-order chi connectivity index (χ0) is 14.6. The predicted molar refractivity (Wildman–Crippen MR) is 74.2 cm³/mol. The number of rotatable bonds is 6. The summed E-state index contributed by atoms with van der Waals surface area (Å²) in [5, 5.41) is 7.35. The maximum Gasteiger partial charge on any atom is 0.296 e. The Balaban J connectivity index is 2.35. The Hall–Kier alpha value is -1.44. The Labute approximate surface area is 121 Å². The van der Waals surface area contributed by atoms with E-state index in [0.717, 1.165) is 5.56 Å². The van der Waals surface area contributed by atoms with E-state index in [9.17, 15) is 8.42 Å². The molecule has 1 aromatic heterocycles. The van der Waals surface area contributed by atoms with Crippen molar-refractivity contribution in [3.8, 4) is 0 Å². The molecule has 20 heavy (non-hydrogen) atoms. The summed E-state index contributed by atoms with van der Waals surface area (Å²) in [6.45, 7) is 0.673. The molecule has 0 saturated carbocycles. The Bertz CT molecular complexity index is 671. The van der Waals surface area contributed by atoms with E-state index in [0.29, 0.717) is 25.4 Å². The fourth-order valence-corrected chi connectivity index (χ4v) is 2.76. The third-order valence-electron chi connectivity index (χ3n) is 2.74. The fraction of sp³-hybridized carbons (Fsp3) is 0.333. The number of methoxy groups -OCH3 is 1. The molecule has 0 fully saturated rings. The second-order valence-corrected chi connectivity index (χ2v) is 6.60. The van der Waals surface area contributed by atoms with Crippen molar-refractivity contribution in [2.24, 2.45) is 0 Å². The fourth-order valence-electron chi connectivity index (χ4n) is 1.82. The number of hydrogen-bond acceptors (Lipinski definition) is 5. The van der Waals surface area contributed by atoms with Gasteiger partial charge in [0.15, 0.2) is 0 Å². The van der Waals surface area contributed by atoms with Crippen LogP contribution < -0.4 is 0 Å². The van der Waals surface area contributed by atoms with Gasteiger partial charge in [-0.15, -0.1) is 10.2 Å². The Morgan fingerprint density at radius 1 is 1.25 bits per heavy atom. The van der Waals surface area contributed by atoms with E-state index in [4.69, 9.17) is 15.4 Å². The summed E-state index contributed by atoms with van der Waals surface area (Å²) in [6.07, 6.45) is 0.476. The van der Waals surface area contributed by atoms with Crippen molar-refractivity contribution in [3.05, 3.63) is 41.7 Å². The van der Waals surface area contributed by atoms with Crippen molar-refractivity contribution < 1.29 is 13.2 Å². The number of halogens is 1. The zero-order valence-corrected chi connectivity index (χ0v) is 12.4. The van der Waals surface area contributed by atoms with Crippen LogP contribution >= 0.6 is 10.7 Å². The van der Waals surface area contributed by atoms with Crippen molar-refractivity contribution in [3.63, 3.8) is 0 Å². The van der Waals surface area contributed by atoms with E-state index >= 15 is 0 Å². The van der Waals surface area contributed by atoms with Gasteiger partial charge in [-0.05, 0) is 5.56 Å². The summed E-state index contributed by atoms with van der Waals surface area (Å²) in [7, 11) is 2.98. The summed E-state index contributed by atoms with van der Waals surface area (Å²) in [5.41, 5.74) is 1.01. The van der Waals surface area contributed by atoms with Crippen LogP contribution in [0.25, 0.3) is 0 Å². The van der Waals surface area contributed by atoms with Gasteiger partial charge in [-0.25, -0.2) is 8.42 Å². The highest BCUT2D eigenvalue weighted by Crippen LogP contribution is 2.16. The Morgan fingerprint density at radius 2 is 1.95 bits per heavy atom. The minimum absolute atomic E-state index is 0.248. The lowest BCUT2D eigenvalue weighted by Crippen LogP contribution is -2.13. The monoisotopic (exact) mass is 315 g/mol. The molecule has 1 aromatic carbocycles. The zero-order valence-electron chi connectivity index (χ0n) is 10.9. The quantitative estimate of drug-likeness (QED) is 0.754. The highest BCUT2D eigenvalue weighted by Gasteiger charge is 2.22. The van der Waals surface area contributed by atoms with Gasteiger partial charge < -0.3 is 4.74 Å². The topological polar surface area (TPSA) is 74.1 Å². The molecule has 2 aromatic rings. The highest BCUT2D eigenvalue weighted by atomic mass is 35.7. The van der Waals surface area contributed by atoms with Crippen LogP contribution in [0.3, 0.4) is 0 Å².